The summed E-state index contributed by atoms with van der Waals surface area (Å²) in [6, 6.07) is 9.11. The fraction of sp³-hybridized carbons (Fsp3) is 0.286. The minimum atomic E-state index is -0.958. The lowest BCUT2D eigenvalue weighted by Gasteiger charge is -2.06. The molecule has 1 aromatic heterocycles. The predicted octanol–water partition coefficient (Wildman–Crippen LogP) is 2.20. The minimum Gasteiger partial charge on any atom is -0.497 e. The number of carbonyl (C=O) groups is 1. The number of aryl methyl sites for hydroxylation is 1. The van der Waals surface area contributed by atoms with Crippen molar-refractivity contribution < 1.29 is 14.6 Å². The summed E-state index contributed by atoms with van der Waals surface area (Å²) in [6.07, 6.45) is 0.718. The van der Waals surface area contributed by atoms with Crippen molar-refractivity contribution in [1.82, 2.24) is 9.78 Å². The molecule has 2 aromatic rings. The molecule has 0 radical (unpaired) electrons. The lowest BCUT2D eigenvalue weighted by atomic mass is 10.2. The zero-order valence-electron chi connectivity index (χ0n) is 11.0. The molecule has 0 aliphatic rings. The van der Waals surface area contributed by atoms with Gasteiger partial charge in [-0.25, -0.2) is 4.79 Å². The van der Waals surface area contributed by atoms with Crippen molar-refractivity contribution in [1.29, 1.82) is 0 Å². The van der Waals surface area contributed by atoms with Crippen molar-refractivity contribution in [2.45, 2.75) is 19.9 Å². The second kappa shape index (κ2) is 5.56. The molecule has 19 heavy (non-hydrogen) atoms. The number of nitrogens with zero attached hydrogens (tertiary/aromatic N) is 2. The average molecular weight is 260 g/mol. The van der Waals surface area contributed by atoms with Gasteiger partial charge in [0.1, 0.15) is 11.4 Å². The lowest BCUT2D eigenvalue weighted by molar-refractivity contribution is 0.0684. The van der Waals surface area contributed by atoms with E-state index in [9.17, 15) is 4.79 Å². The van der Waals surface area contributed by atoms with Gasteiger partial charge >= 0.3 is 5.97 Å². The molecule has 100 valence electrons. The van der Waals surface area contributed by atoms with Crippen LogP contribution in [0.25, 0.3) is 0 Å². The molecule has 1 heterocycles. The summed E-state index contributed by atoms with van der Waals surface area (Å²) in [6.45, 7) is 2.39. The molecular formula is C14H16N2O3. The highest BCUT2D eigenvalue weighted by Crippen LogP contribution is 2.14. The third kappa shape index (κ3) is 2.93. The molecule has 0 unspecified atom stereocenters. The Kier molecular flexibility index (Phi) is 3.85. The maximum atomic E-state index is 11.2. The predicted molar refractivity (Wildman–Crippen MR) is 70.7 cm³/mol. The molecule has 0 atom stereocenters. The number of aromatic nitrogens is 2. The van der Waals surface area contributed by atoms with Gasteiger partial charge in [0, 0.05) is 0 Å². The van der Waals surface area contributed by atoms with Gasteiger partial charge in [0.25, 0.3) is 0 Å². The molecule has 0 fully saturated rings. The third-order valence-electron chi connectivity index (χ3n) is 2.90. The summed E-state index contributed by atoms with van der Waals surface area (Å²) in [5.74, 6) is -0.183. The molecule has 0 amide bonds. The van der Waals surface area contributed by atoms with Crippen LogP contribution >= 0.6 is 0 Å². The maximum absolute atomic E-state index is 11.2. The Morgan fingerprint density at radius 2 is 2.05 bits per heavy atom. The number of benzene rings is 1. The van der Waals surface area contributed by atoms with Crippen LogP contribution < -0.4 is 4.74 Å². The van der Waals surface area contributed by atoms with Crippen molar-refractivity contribution in [3.8, 4) is 5.75 Å². The van der Waals surface area contributed by atoms with Crippen LogP contribution in [-0.2, 0) is 13.0 Å². The van der Waals surface area contributed by atoms with E-state index in [1.165, 1.54) is 4.68 Å². The van der Waals surface area contributed by atoms with Crippen molar-refractivity contribution in [3.05, 3.63) is 47.3 Å². The van der Waals surface area contributed by atoms with E-state index in [0.29, 0.717) is 6.54 Å². The summed E-state index contributed by atoms with van der Waals surface area (Å²) in [5.41, 5.74) is 1.98. The minimum absolute atomic E-state index is 0.215. The van der Waals surface area contributed by atoms with E-state index in [1.54, 1.807) is 13.2 Å². The van der Waals surface area contributed by atoms with Crippen LogP contribution in [0, 0.1) is 0 Å². The Labute approximate surface area is 111 Å². The van der Waals surface area contributed by atoms with E-state index < -0.39 is 5.97 Å². The molecule has 0 saturated carbocycles. The number of methoxy groups -OCH3 is 1. The largest absolute Gasteiger partial charge is 0.497 e. The number of ether oxygens (including phenoxy) is 1. The first kappa shape index (κ1) is 13.1. The van der Waals surface area contributed by atoms with Crippen LogP contribution in [0.3, 0.4) is 0 Å². The SMILES string of the molecule is CCc1cc(C(=O)O)n(Cc2ccc(OC)cc2)n1. The van der Waals surface area contributed by atoms with E-state index in [0.717, 1.165) is 23.4 Å². The number of aromatic carboxylic acids is 1. The zero-order valence-corrected chi connectivity index (χ0v) is 11.0. The second-order valence-electron chi connectivity index (χ2n) is 4.19. The first-order valence-corrected chi connectivity index (χ1v) is 6.07. The van der Waals surface area contributed by atoms with E-state index in [4.69, 9.17) is 9.84 Å². The van der Waals surface area contributed by atoms with Gasteiger partial charge < -0.3 is 9.84 Å². The Morgan fingerprint density at radius 3 is 2.58 bits per heavy atom. The fourth-order valence-electron chi connectivity index (χ4n) is 1.84. The standard InChI is InChI=1S/C14H16N2O3/c1-3-11-8-13(14(17)18)16(15-11)9-10-4-6-12(19-2)7-5-10/h4-8H,3,9H2,1-2H3,(H,17,18). The van der Waals surface area contributed by atoms with Crippen molar-refractivity contribution in [3.63, 3.8) is 0 Å². The van der Waals surface area contributed by atoms with Gasteiger partial charge in [-0.05, 0) is 30.2 Å². The summed E-state index contributed by atoms with van der Waals surface area (Å²) in [4.78, 5) is 11.2. The van der Waals surface area contributed by atoms with Crippen LogP contribution in [0.2, 0.25) is 0 Å². The lowest BCUT2D eigenvalue weighted by Crippen LogP contribution is -2.10. The molecule has 0 bridgehead atoms. The van der Waals surface area contributed by atoms with Gasteiger partial charge in [-0.3, -0.25) is 4.68 Å². The zero-order chi connectivity index (χ0) is 13.8. The third-order valence-corrected chi connectivity index (χ3v) is 2.90. The van der Waals surface area contributed by atoms with E-state index in [2.05, 4.69) is 5.10 Å². The van der Waals surface area contributed by atoms with Crippen LogP contribution in [0.5, 0.6) is 5.75 Å². The van der Waals surface area contributed by atoms with Crippen molar-refractivity contribution in [2.24, 2.45) is 0 Å². The molecule has 5 heteroatoms. The Morgan fingerprint density at radius 1 is 1.37 bits per heavy atom. The maximum Gasteiger partial charge on any atom is 0.354 e. The van der Waals surface area contributed by atoms with Gasteiger partial charge in [0.05, 0.1) is 19.3 Å². The van der Waals surface area contributed by atoms with Crippen molar-refractivity contribution >= 4 is 5.97 Å². The molecule has 2 rings (SSSR count). The molecule has 0 spiro atoms. The van der Waals surface area contributed by atoms with Gasteiger partial charge in [-0.15, -0.1) is 0 Å². The number of hydrogen-bond acceptors (Lipinski definition) is 3. The van der Waals surface area contributed by atoms with Crippen LogP contribution in [-0.4, -0.2) is 28.0 Å². The first-order valence-electron chi connectivity index (χ1n) is 6.07. The van der Waals surface area contributed by atoms with Gasteiger partial charge in [-0.1, -0.05) is 19.1 Å². The van der Waals surface area contributed by atoms with E-state index in [-0.39, 0.29) is 5.69 Å². The molecule has 0 saturated heterocycles. The van der Waals surface area contributed by atoms with Gasteiger partial charge in [0.2, 0.25) is 0 Å². The molecular weight excluding hydrogens is 244 g/mol. The Hall–Kier alpha value is -2.30. The normalized spacial score (nSPS) is 10.4. The summed E-state index contributed by atoms with van der Waals surface area (Å²) in [5, 5.41) is 13.4. The number of carboxylic acids is 1. The highest BCUT2D eigenvalue weighted by molar-refractivity contribution is 5.85. The smallest absolute Gasteiger partial charge is 0.354 e. The van der Waals surface area contributed by atoms with Gasteiger partial charge in [0.15, 0.2) is 0 Å². The molecule has 5 nitrogen and oxygen atoms in total. The van der Waals surface area contributed by atoms with Gasteiger partial charge in [-0.2, -0.15) is 5.10 Å². The molecule has 1 N–H and O–H groups in total. The number of carboxylic acid groups (broad SMARTS) is 1. The second-order valence-corrected chi connectivity index (χ2v) is 4.19. The van der Waals surface area contributed by atoms with Crippen LogP contribution in [0.1, 0.15) is 28.7 Å². The Bertz CT molecular complexity index is 573. The summed E-state index contributed by atoms with van der Waals surface area (Å²) < 4.78 is 6.60. The average Bonchev–Trinajstić information content (AvgIpc) is 2.83. The van der Waals surface area contributed by atoms with Crippen molar-refractivity contribution in [2.75, 3.05) is 7.11 Å². The molecule has 0 aliphatic heterocycles. The molecule has 0 aliphatic carbocycles. The van der Waals surface area contributed by atoms with Crippen LogP contribution in [0.15, 0.2) is 30.3 Å². The molecule has 1 aromatic carbocycles. The van der Waals surface area contributed by atoms with E-state index >= 15 is 0 Å². The number of hydrogen-bond donors (Lipinski definition) is 1. The number of rotatable bonds is 5. The van der Waals surface area contributed by atoms with E-state index in [1.807, 2.05) is 31.2 Å². The topological polar surface area (TPSA) is 64.3 Å². The summed E-state index contributed by atoms with van der Waals surface area (Å²) >= 11 is 0. The first-order chi connectivity index (χ1) is 9.13. The quantitative estimate of drug-likeness (QED) is 0.895. The highest BCUT2D eigenvalue weighted by Gasteiger charge is 2.13. The monoisotopic (exact) mass is 260 g/mol. The van der Waals surface area contributed by atoms with Crippen LogP contribution in [0.4, 0.5) is 0 Å². The fourth-order valence-corrected chi connectivity index (χ4v) is 1.84. The summed E-state index contributed by atoms with van der Waals surface area (Å²) in [7, 11) is 1.61. The Balaban J connectivity index is 2.26. The highest BCUT2D eigenvalue weighted by atomic mass is 16.5.